The molecule has 64 valence electrons. The van der Waals surface area contributed by atoms with Gasteiger partial charge in [0, 0.05) is 5.92 Å². The number of hydrogen-bond acceptors (Lipinski definition) is 2. The SMILES string of the molecule is CC(C)C1COC2OCCC21. The monoisotopic (exact) mass is 156 g/mol. The van der Waals surface area contributed by atoms with Crippen LogP contribution in [0.3, 0.4) is 0 Å². The minimum Gasteiger partial charge on any atom is -0.352 e. The number of rotatable bonds is 1. The van der Waals surface area contributed by atoms with Crippen LogP contribution in [-0.4, -0.2) is 19.5 Å². The third-order valence-electron chi connectivity index (χ3n) is 2.94. The molecule has 0 aromatic carbocycles. The van der Waals surface area contributed by atoms with Gasteiger partial charge in [-0.3, -0.25) is 0 Å². The maximum Gasteiger partial charge on any atom is 0.160 e. The van der Waals surface area contributed by atoms with Gasteiger partial charge in [0.25, 0.3) is 0 Å². The molecule has 0 aliphatic carbocycles. The molecule has 2 aliphatic heterocycles. The first kappa shape index (κ1) is 7.56. The van der Waals surface area contributed by atoms with E-state index in [9.17, 15) is 0 Å². The van der Waals surface area contributed by atoms with E-state index in [1.54, 1.807) is 0 Å². The highest BCUT2D eigenvalue weighted by Crippen LogP contribution is 2.38. The van der Waals surface area contributed by atoms with E-state index in [1.165, 1.54) is 6.42 Å². The van der Waals surface area contributed by atoms with Crippen molar-refractivity contribution in [3.63, 3.8) is 0 Å². The van der Waals surface area contributed by atoms with Crippen LogP contribution in [0, 0.1) is 17.8 Å². The standard InChI is InChI=1S/C9H16O2/c1-6(2)8-5-11-9-7(8)3-4-10-9/h6-9H,3-5H2,1-2H3. The van der Waals surface area contributed by atoms with Gasteiger partial charge >= 0.3 is 0 Å². The first-order valence-electron chi connectivity index (χ1n) is 4.52. The molecule has 0 saturated carbocycles. The molecule has 2 aliphatic rings. The van der Waals surface area contributed by atoms with Crippen molar-refractivity contribution in [2.45, 2.75) is 26.6 Å². The molecule has 3 atom stereocenters. The fraction of sp³-hybridized carbons (Fsp3) is 1.00. The zero-order valence-corrected chi connectivity index (χ0v) is 7.25. The minimum atomic E-state index is 0.141. The average molecular weight is 156 g/mol. The molecule has 2 rings (SSSR count). The topological polar surface area (TPSA) is 18.5 Å². The summed E-state index contributed by atoms with van der Waals surface area (Å²) in [5.74, 6) is 2.17. The summed E-state index contributed by atoms with van der Waals surface area (Å²) >= 11 is 0. The van der Waals surface area contributed by atoms with Crippen molar-refractivity contribution in [1.82, 2.24) is 0 Å². The summed E-state index contributed by atoms with van der Waals surface area (Å²) in [4.78, 5) is 0. The van der Waals surface area contributed by atoms with Gasteiger partial charge in [-0.15, -0.1) is 0 Å². The quantitative estimate of drug-likeness (QED) is 0.574. The molecule has 0 aromatic rings. The maximum absolute atomic E-state index is 5.53. The zero-order valence-electron chi connectivity index (χ0n) is 7.25. The molecular weight excluding hydrogens is 140 g/mol. The Morgan fingerprint density at radius 1 is 1.27 bits per heavy atom. The Labute approximate surface area is 67.9 Å². The third kappa shape index (κ3) is 1.18. The predicted octanol–water partition coefficient (Wildman–Crippen LogP) is 1.65. The first-order chi connectivity index (χ1) is 5.29. The molecule has 0 N–H and O–H groups in total. The average Bonchev–Trinajstić information content (AvgIpc) is 2.41. The normalized spacial score (nSPS) is 43.4. The van der Waals surface area contributed by atoms with Crippen LogP contribution < -0.4 is 0 Å². The van der Waals surface area contributed by atoms with Crippen molar-refractivity contribution >= 4 is 0 Å². The summed E-state index contributed by atoms with van der Waals surface area (Å²) in [5, 5.41) is 0. The Kier molecular flexibility index (Phi) is 1.90. The van der Waals surface area contributed by atoms with E-state index in [-0.39, 0.29) is 6.29 Å². The summed E-state index contributed by atoms with van der Waals surface area (Å²) in [5.41, 5.74) is 0. The van der Waals surface area contributed by atoms with Gasteiger partial charge in [-0.2, -0.15) is 0 Å². The maximum atomic E-state index is 5.53. The molecule has 2 heteroatoms. The first-order valence-corrected chi connectivity index (χ1v) is 4.52. The molecule has 0 spiro atoms. The Hall–Kier alpha value is -0.0800. The van der Waals surface area contributed by atoms with Crippen molar-refractivity contribution in [3.05, 3.63) is 0 Å². The smallest absolute Gasteiger partial charge is 0.160 e. The largest absolute Gasteiger partial charge is 0.352 e. The van der Waals surface area contributed by atoms with Crippen molar-refractivity contribution < 1.29 is 9.47 Å². The van der Waals surface area contributed by atoms with Gasteiger partial charge in [0.05, 0.1) is 13.2 Å². The van der Waals surface area contributed by atoms with Crippen LogP contribution in [0.2, 0.25) is 0 Å². The van der Waals surface area contributed by atoms with E-state index in [0.29, 0.717) is 5.92 Å². The molecule has 0 amide bonds. The molecule has 0 bridgehead atoms. The molecular formula is C9H16O2. The van der Waals surface area contributed by atoms with Crippen LogP contribution in [0.4, 0.5) is 0 Å². The van der Waals surface area contributed by atoms with E-state index in [2.05, 4.69) is 13.8 Å². The second-order valence-corrected chi connectivity index (χ2v) is 3.93. The zero-order chi connectivity index (χ0) is 7.84. The van der Waals surface area contributed by atoms with E-state index in [4.69, 9.17) is 9.47 Å². The third-order valence-corrected chi connectivity index (χ3v) is 2.94. The molecule has 0 radical (unpaired) electrons. The van der Waals surface area contributed by atoms with E-state index in [1.807, 2.05) is 0 Å². The molecule has 2 heterocycles. The van der Waals surface area contributed by atoms with Crippen LogP contribution >= 0.6 is 0 Å². The van der Waals surface area contributed by atoms with Gasteiger partial charge in [0.2, 0.25) is 0 Å². The van der Waals surface area contributed by atoms with Gasteiger partial charge in [-0.05, 0) is 18.3 Å². The molecule has 2 saturated heterocycles. The van der Waals surface area contributed by atoms with Crippen molar-refractivity contribution in [2.75, 3.05) is 13.2 Å². The molecule has 3 unspecified atom stereocenters. The van der Waals surface area contributed by atoms with Crippen LogP contribution in [0.25, 0.3) is 0 Å². The van der Waals surface area contributed by atoms with Crippen LogP contribution in [0.1, 0.15) is 20.3 Å². The van der Waals surface area contributed by atoms with Crippen molar-refractivity contribution in [1.29, 1.82) is 0 Å². The lowest BCUT2D eigenvalue weighted by atomic mass is 9.85. The lowest BCUT2D eigenvalue weighted by molar-refractivity contribution is -0.0906. The second kappa shape index (κ2) is 2.76. The number of ether oxygens (including phenoxy) is 2. The second-order valence-electron chi connectivity index (χ2n) is 3.93. The lowest BCUT2D eigenvalue weighted by Crippen LogP contribution is -2.19. The summed E-state index contributed by atoms with van der Waals surface area (Å²) in [6, 6.07) is 0. The van der Waals surface area contributed by atoms with Crippen LogP contribution in [0.5, 0.6) is 0 Å². The summed E-state index contributed by atoms with van der Waals surface area (Å²) in [6.07, 6.45) is 1.34. The Morgan fingerprint density at radius 3 is 2.82 bits per heavy atom. The van der Waals surface area contributed by atoms with E-state index < -0.39 is 0 Å². The number of fused-ring (bicyclic) bond motifs is 1. The summed E-state index contributed by atoms with van der Waals surface area (Å²) < 4.78 is 11.0. The highest BCUT2D eigenvalue weighted by Gasteiger charge is 2.42. The van der Waals surface area contributed by atoms with Gasteiger partial charge in [0.1, 0.15) is 0 Å². The van der Waals surface area contributed by atoms with E-state index in [0.717, 1.165) is 25.0 Å². The van der Waals surface area contributed by atoms with E-state index >= 15 is 0 Å². The summed E-state index contributed by atoms with van der Waals surface area (Å²) in [6.45, 7) is 6.36. The van der Waals surface area contributed by atoms with Gasteiger partial charge in [-0.1, -0.05) is 13.8 Å². The number of hydrogen-bond donors (Lipinski definition) is 0. The Morgan fingerprint density at radius 2 is 2.09 bits per heavy atom. The van der Waals surface area contributed by atoms with Crippen molar-refractivity contribution in [2.24, 2.45) is 17.8 Å². The van der Waals surface area contributed by atoms with Gasteiger partial charge < -0.3 is 9.47 Å². The molecule has 0 aromatic heterocycles. The van der Waals surface area contributed by atoms with Crippen LogP contribution in [0.15, 0.2) is 0 Å². The summed E-state index contributed by atoms with van der Waals surface area (Å²) in [7, 11) is 0. The van der Waals surface area contributed by atoms with Gasteiger partial charge in [-0.25, -0.2) is 0 Å². The molecule has 2 nitrogen and oxygen atoms in total. The highest BCUT2D eigenvalue weighted by molar-refractivity contribution is 4.84. The Bertz CT molecular complexity index is 144. The highest BCUT2D eigenvalue weighted by atomic mass is 16.7. The Balaban J connectivity index is 2.03. The fourth-order valence-electron chi connectivity index (χ4n) is 2.18. The predicted molar refractivity (Wildman–Crippen MR) is 42.1 cm³/mol. The minimum absolute atomic E-state index is 0.141. The van der Waals surface area contributed by atoms with Crippen LogP contribution in [-0.2, 0) is 9.47 Å². The fourth-order valence-corrected chi connectivity index (χ4v) is 2.18. The lowest BCUT2D eigenvalue weighted by Gasteiger charge is -2.17. The molecule has 2 fully saturated rings. The molecule has 11 heavy (non-hydrogen) atoms. The van der Waals surface area contributed by atoms with Crippen molar-refractivity contribution in [3.8, 4) is 0 Å². The van der Waals surface area contributed by atoms with Gasteiger partial charge in [0.15, 0.2) is 6.29 Å².